The number of rotatable bonds is 2. The third kappa shape index (κ3) is 3.14. The standard InChI is InChI=1S/C38H20N4O/c39-21-23-13-14-24(22-40)35(19-23)42-33-17-15-25(41-31-10-4-1-7-26(31)27-8-2-5-11-32(27)41)20-30(33)37-34(42)18-16-29-28-9-3-6-12-36(28)43-38(29)37/h1-20H. The predicted molar refractivity (Wildman–Crippen MR) is 172 cm³/mol. The van der Waals surface area contributed by atoms with E-state index in [1.807, 2.05) is 18.2 Å². The summed E-state index contributed by atoms with van der Waals surface area (Å²) >= 11 is 0. The molecule has 0 aliphatic rings. The first kappa shape index (κ1) is 23.4. The fraction of sp³-hybridized carbons (Fsp3) is 0. The molecule has 9 rings (SSSR count). The number of nitrogens with zero attached hydrogens (tertiary/aromatic N) is 4. The fourth-order valence-corrected chi connectivity index (χ4v) is 6.75. The molecule has 0 fully saturated rings. The number of aromatic nitrogens is 2. The highest BCUT2D eigenvalue weighted by molar-refractivity contribution is 6.24. The van der Waals surface area contributed by atoms with Crippen molar-refractivity contribution in [3.8, 4) is 23.5 Å². The molecule has 0 aliphatic heterocycles. The van der Waals surface area contributed by atoms with Crippen LogP contribution in [0.5, 0.6) is 0 Å². The highest BCUT2D eigenvalue weighted by Gasteiger charge is 2.21. The van der Waals surface area contributed by atoms with Crippen molar-refractivity contribution >= 4 is 65.6 Å². The molecule has 0 bridgehead atoms. The number of benzene rings is 6. The van der Waals surface area contributed by atoms with E-state index in [4.69, 9.17) is 4.42 Å². The van der Waals surface area contributed by atoms with Gasteiger partial charge in [-0.25, -0.2) is 0 Å². The van der Waals surface area contributed by atoms with Crippen molar-refractivity contribution in [3.63, 3.8) is 0 Å². The zero-order valence-corrected chi connectivity index (χ0v) is 22.7. The summed E-state index contributed by atoms with van der Waals surface area (Å²) in [7, 11) is 0. The first-order valence-corrected chi connectivity index (χ1v) is 14.1. The van der Waals surface area contributed by atoms with E-state index >= 15 is 0 Å². The second kappa shape index (κ2) is 8.60. The number of fused-ring (bicyclic) bond motifs is 10. The first-order chi connectivity index (χ1) is 21.2. The summed E-state index contributed by atoms with van der Waals surface area (Å²) in [6, 6.07) is 45.5. The molecule has 0 spiro atoms. The van der Waals surface area contributed by atoms with Crippen molar-refractivity contribution < 1.29 is 4.42 Å². The Morgan fingerprint density at radius 2 is 1.19 bits per heavy atom. The molecule has 0 atom stereocenters. The summed E-state index contributed by atoms with van der Waals surface area (Å²) in [6.07, 6.45) is 0. The van der Waals surface area contributed by atoms with Gasteiger partial charge in [-0.3, -0.25) is 0 Å². The van der Waals surface area contributed by atoms with E-state index in [-0.39, 0.29) is 0 Å². The minimum atomic E-state index is 0.494. The van der Waals surface area contributed by atoms with Gasteiger partial charge in [0.2, 0.25) is 0 Å². The average molecular weight is 549 g/mol. The van der Waals surface area contributed by atoms with E-state index in [0.29, 0.717) is 16.8 Å². The van der Waals surface area contributed by atoms with Gasteiger partial charge in [0.15, 0.2) is 0 Å². The second-order valence-electron chi connectivity index (χ2n) is 10.8. The van der Waals surface area contributed by atoms with E-state index in [1.54, 1.807) is 18.2 Å². The van der Waals surface area contributed by atoms with Crippen molar-refractivity contribution in [2.24, 2.45) is 0 Å². The molecule has 0 radical (unpaired) electrons. The van der Waals surface area contributed by atoms with Crippen molar-refractivity contribution in [2.75, 3.05) is 0 Å². The molecule has 198 valence electrons. The van der Waals surface area contributed by atoms with Crippen LogP contribution in [0.4, 0.5) is 0 Å². The third-order valence-electron chi connectivity index (χ3n) is 8.58. The van der Waals surface area contributed by atoms with Gasteiger partial charge in [0.25, 0.3) is 0 Å². The zero-order valence-electron chi connectivity index (χ0n) is 22.7. The summed E-state index contributed by atoms with van der Waals surface area (Å²) in [5.74, 6) is 0. The second-order valence-corrected chi connectivity index (χ2v) is 10.8. The van der Waals surface area contributed by atoms with Gasteiger partial charge >= 0.3 is 0 Å². The molecule has 3 heterocycles. The SMILES string of the molecule is N#Cc1ccc(C#N)c(-n2c3ccc(-n4c5ccccc5c5ccccc54)cc3c3c4oc5ccccc5c4ccc32)c1. The lowest BCUT2D eigenvalue weighted by Crippen LogP contribution is -1.99. The number of para-hydroxylation sites is 3. The zero-order chi connectivity index (χ0) is 28.7. The van der Waals surface area contributed by atoms with Crippen molar-refractivity contribution in [1.29, 1.82) is 10.5 Å². The Hall–Kier alpha value is -6.30. The van der Waals surface area contributed by atoms with Crippen LogP contribution in [0.15, 0.2) is 126 Å². The van der Waals surface area contributed by atoms with Gasteiger partial charge in [-0.2, -0.15) is 10.5 Å². The minimum Gasteiger partial charge on any atom is -0.455 e. The van der Waals surface area contributed by atoms with E-state index in [1.165, 1.54) is 10.8 Å². The maximum Gasteiger partial charge on any atom is 0.145 e. The molecule has 0 unspecified atom stereocenters. The summed E-state index contributed by atoms with van der Waals surface area (Å²) in [4.78, 5) is 0. The van der Waals surface area contributed by atoms with Crippen molar-refractivity contribution in [1.82, 2.24) is 9.13 Å². The molecule has 43 heavy (non-hydrogen) atoms. The van der Waals surface area contributed by atoms with Gasteiger partial charge in [0, 0.05) is 32.6 Å². The molecule has 5 heteroatoms. The first-order valence-electron chi connectivity index (χ1n) is 14.1. The van der Waals surface area contributed by atoms with Gasteiger partial charge in [-0.15, -0.1) is 0 Å². The van der Waals surface area contributed by atoms with Gasteiger partial charge < -0.3 is 13.6 Å². The molecule has 9 aromatic rings. The molecule has 0 aliphatic carbocycles. The molecule has 0 saturated carbocycles. The Labute approximate surface area is 245 Å². The van der Waals surface area contributed by atoms with E-state index in [2.05, 4.69) is 106 Å². The summed E-state index contributed by atoms with van der Waals surface area (Å²) in [5.41, 5.74) is 8.43. The quantitative estimate of drug-likeness (QED) is 0.216. The van der Waals surface area contributed by atoms with Gasteiger partial charge in [-0.1, -0.05) is 54.6 Å². The number of furan rings is 1. The lowest BCUT2D eigenvalue weighted by Gasteiger charge is -2.11. The fourth-order valence-electron chi connectivity index (χ4n) is 6.75. The maximum absolute atomic E-state index is 10.1. The Morgan fingerprint density at radius 3 is 1.93 bits per heavy atom. The summed E-state index contributed by atoms with van der Waals surface area (Å²) in [5, 5.41) is 26.3. The van der Waals surface area contributed by atoms with Crippen LogP contribution in [-0.4, -0.2) is 9.13 Å². The van der Waals surface area contributed by atoms with Gasteiger partial charge in [-0.05, 0) is 66.7 Å². The van der Waals surface area contributed by atoms with E-state index in [9.17, 15) is 10.5 Å². The van der Waals surface area contributed by atoms with Crippen LogP contribution in [0.25, 0.3) is 76.9 Å². The molecule has 0 N–H and O–H groups in total. The average Bonchev–Trinajstić information content (AvgIpc) is 3.71. The number of hydrogen-bond donors (Lipinski definition) is 0. The van der Waals surface area contributed by atoms with Gasteiger partial charge in [0.1, 0.15) is 17.2 Å². The Morgan fingerprint density at radius 1 is 0.512 bits per heavy atom. The molecular formula is C38H20N4O. The largest absolute Gasteiger partial charge is 0.455 e. The molecule has 6 aromatic carbocycles. The third-order valence-corrected chi connectivity index (χ3v) is 8.58. The van der Waals surface area contributed by atoms with Crippen LogP contribution >= 0.6 is 0 Å². The minimum absolute atomic E-state index is 0.494. The Kier molecular flexibility index (Phi) is 4.68. The van der Waals surface area contributed by atoms with Crippen LogP contribution < -0.4 is 0 Å². The normalized spacial score (nSPS) is 11.7. The lowest BCUT2D eigenvalue weighted by atomic mass is 10.1. The number of hydrogen-bond acceptors (Lipinski definition) is 3. The van der Waals surface area contributed by atoms with Crippen LogP contribution in [0, 0.1) is 22.7 Å². The van der Waals surface area contributed by atoms with E-state index in [0.717, 1.165) is 60.5 Å². The molecule has 0 saturated heterocycles. The van der Waals surface area contributed by atoms with Crippen LogP contribution in [0.3, 0.4) is 0 Å². The van der Waals surface area contributed by atoms with E-state index < -0.39 is 0 Å². The molecule has 3 aromatic heterocycles. The van der Waals surface area contributed by atoms with Gasteiger partial charge in [0.05, 0.1) is 50.3 Å². The van der Waals surface area contributed by atoms with Crippen molar-refractivity contribution in [3.05, 3.63) is 132 Å². The topological polar surface area (TPSA) is 70.6 Å². The predicted octanol–water partition coefficient (Wildman–Crippen LogP) is 9.52. The van der Waals surface area contributed by atoms with Crippen molar-refractivity contribution in [2.45, 2.75) is 0 Å². The Balaban J connectivity index is 1.47. The van der Waals surface area contributed by atoms with Crippen LogP contribution in [-0.2, 0) is 0 Å². The van der Waals surface area contributed by atoms with Crippen LogP contribution in [0.1, 0.15) is 11.1 Å². The maximum atomic E-state index is 10.1. The number of nitriles is 2. The highest BCUT2D eigenvalue weighted by Crippen LogP contribution is 2.42. The Bertz CT molecular complexity index is 2650. The molecule has 0 amide bonds. The summed E-state index contributed by atoms with van der Waals surface area (Å²) < 4.78 is 11.0. The lowest BCUT2D eigenvalue weighted by molar-refractivity contribution is 0.673. The summed E-state index contributed by atoms with van der Waals surface area (Å²) in [6.45, 7) is 0. The molecular weight excluding hydrogens is 528 g/mol. The highest BCUT2D eigenvalue weighted by atomic mass is 16.3. The monoisotopic (exact) mass is 548 g/mol. The van der Waals surface area contributed by atoms with Crippen LogP contribution in [0.2, 0.25) is 0 Å². The smallest absolute Gasteiger partial charge is 0.145 e. The molecule has 5 nitrogen and oxygen atoms in total.